The monoisotopic (exact) mass is 451 g/mol. The number of carbonyl (C=O) groups excluding carboxylic acids is 2. The minimum Gasteiger partial charge on any atom is -0.467 e. The predicted molar refractivity (Wildman–Crippen MR) is 126 cm³/mol. The second kappa shape index (κ2) is 11.9. The Labute approximate surface area is 194 Å². The lowest BCUT2D eigenvalue weighted by Crippen LogP contribution is -2.46. The molecule has 7 heteroatoms. The molecule has 0 fully saturated rings. The Morgan fingerprint density at radius 2 is 1.79 bits per heavy atom. The fourth-order valence-electron chi connectivity index (χ4n) is 3.48. The largest absolute Gasteiger partial charge is 0.467 e. The average Bonchev–Trinajstić information content (AvgIpc) is 3.29. The van der Waals surface area contributed by atoms with Gasteiger partial charge in [-0.1, -0.05) is 50.2 Å². The fraction of sp³-hybridized carbons (Fsp3) is 0.308. The van der Waals surface area contributed by atoms with Crippen LogP contribution >= 0.6 is 0 Å². The molecule has 0 aliphatic heterocycles. The zero-order chi connectivity index (χ0) is 23.6. The molecule has 174 valence electrons. The first-order valence-electron chi connectivity index (χ1n) is 11.1. The molecule has 0 spiro atoms. The third-order valence-electron chi connectivity index (χ3n) is 5.07. The Balaban J connectivity index is 1.71. The van der Waals surface area contributed by atoms with E-state index in [0.717, 1.165) is 5.56 Å². The number of hydrogen-bond donors (Lipinski definition) is 1. The fourth-order valence-corrected chi connectivity index (χ4v) is 3.48. The molecular formula is C26H30FN3O3. The van der Waals surface area contributed by atoms with Crippen LogP contribution in [0.15, 0.2) is 77.4 Å². The van der Waals surface area contributed by atoms with Crippen molar-refractivity contribution in [1.82, 2.24) is 9.80 Å². The van der Waals surface area contributed by atoms with Gasteiger partial charge in [0.15, 0.2) is 0 Å². The van der Waals surface area contributed by atoms with Gasteiger partial charge < -0.3 is 19.5 Å². The van der Waals surface area contributed by atoms with Crippen molar-refractivity contribution in [2.45, 2.75) is 26.8 Å². The summed E-state index contributed by atoms with van der Waals surface area (Å²) in [6.07, 6.45) is 2.26. The lowest BCUT2D eigenvalue weighted by Gasteiger charge is -2.28. The summed E-state index contributed by atoms with van der Waals surface area (Å²) < 4.78 is 19.0. The zero-order valence-electron chi connectivity index (χ0n) is 19.0. The highest BCUT2D eigenvalue weighted by molar-refractivity contribution is 5.92. The van der Waals surface area contributed by atoms with E-state index < -0.39 is 11.8 Å². The highest BCUT2D eigenvalue weighted by Crippen LogP contribution is 2.13. The molecule has 0 bridgehead atoms. The number of hydrogen-bond acceptors (Lipinski definition) is 3. The number of carbonyl (C=O) groups is 2. The third kappa shape index (κ3) is 7.79. The number of furan rings is 1. The molecule has 1 N–H and O–H groups in total. The highest BCUT2D eigenvalue weighted by Gasteiger charge is 2.23. The van der Waals surface area contributed by atoms with Gasteiger partial charge in [-0.3, -0.25) is 4.79 Å². The zero-order valence-corrected chi connectivity index (χ0v) is 19.0. The molecule has 3 amide bonds. The van der Waals surface area contributed by atoms with E-state index in [1.165, 1.54) is 23.1 Å². The molecule has 0 aliphatic carbocycles. The maximum absolute atomic E-state index is 13.5. The molecule has 2 aromatic carbocycles. The van der Waals surface area contributed by atoms with E-state index in [1.807, 2.05) is 50.2 Å². The molecule has 0 aliphatic rings. The number of rotatable bonds is 10. The van der Waals surface area contributed by atoms with Crippen molar-refractivity contribution in [2.24, 2.45) is 5.92 Å². The highest BCUT2D eigenvalue weighted by atomic mass is 19.1. The molecule has 1 heterocycles. The van der Waals surface area contributed by atoms with E-state index in [2.05, 4.69) is 5.32 Å². The van der Waals surface area contributed by atoms with Crippen molar-refractivity contribution in [1.29, 1.82) is 0 Å². The van der Waals surface area contributed by atoms with Crippen molar-refractivity contribution in [3.63, 3.8) is 0 Å². The molecule has 0 unspecified atom stereocenters. The van der Waals surface area contributed by atoms with E-state index in [9.17, 15) is 14.0 Å². The van der Waals surface area contributed by atoms with E-state index in [1.54, 1.807) is 23.3 Å². The lowest BCUT2D eigenvalue weighted by molar-refractivity contribution is -0.132. The van der Waals surface area contributed by atoms with Gasteiger partial charge in [0.2, 0.25) is 5.91 Å². The Hall–Kier alpha value is -3.61. The first-order valence-corrected chi connectivity index (χ1v) is 11.1. The van der Waals surface area contributed by atoms with Gasteiger partial charge in [-0.25, -0.2) is 9.18 Å². The van der Waals surface area contributed by atoms with Crippen molar-refractivity contribution < 1.29 is 18.4 Å². The number of urea groups is 1. The lowest BCUT2D eigenvalue weighted by atomic mass is 10.1. The van der Waals surface area contributed by atoms with E-state index in [-0.39, 0.29) is 18.4 Å². The summed E-state index contributed by atoms with van der Waals surface area (Å²) >= 11 is 0. The van der Waals surface area contributed by atoms with Crippen LogP contribution in [0.5, 0.6) is 0 Å². The summed E-state index contributed by atoms with van der Waals surface area (Å²) in [5.41, 5.74) is 1.47. The Morgan fingerprint density at radius 1 is 1.00 bits per heavy atom. The summed E-state index contributed by atoms with van der Waals surface area (Å²) in [5.74, 6) is 0.206. The number of halogens is 1. The maximum atomic E-state index is 13.5. The Morgan fingerprint density at radius 3 is 2.45 bits per heavy atom. The summed E-state index contributed by atoms with van der Waals surface area (Å²) in [5, 5.41) is 2.69. The maximum Gasteiger partial charge on any atom is 0.322 e. The Kier molecular flexibility index (Phi) is 8.63. The van der Waals surface area contributed by atoms with Crippen LogP contribution in [0.4, 0.5) is 14.9 Å². The van der Waals surface area contributed by atoms with E-state index in [4.69, 9.17) is 4.42 Å². The minimum atomic E-state index is -0.441. The summed E-state index contributed by atoms with van der Waals surface area (Å²) in [6.45, 7) is 5.06. The van der Waals surface area contributed by atoms with E-state index in [0.29, 0.717) is 37.5 Å². The van der Waals surface area contributed by atoms with Gasteiger partial charge in [-0.05, 0) is 48.2 Å². The standard InChI is InChI=1S/C26H30FN3O3/c1-20(2)17-30(26(32)28-23-11-6-10-22(27)16-23)19-25(31)29(18-24-12-7-15-33-24)14-13-21-8-4-3-5-9-21/h3-12,15-16,20H,13-14,17-19H2,1-2H3,(H,28,32). The van der Waals surface area contributed by atoms with Crippen LogP contribution in [0.1, 0.15) is 25.2 Å². The number of benzene rings is 2. The molecular weight excluding hydrogens is 421 g/mol. The third-order valence-corrected chi connectivity index (χ3v) is 5.07. The normalized spacial score (nSPS) is 10.8. The molecule has 1 aromatic heterocycles. The van der Waals surface area contributed by atoms with Crippen LogP contribution in [0.3, 0.4) is 0 Å². The number of nitrogens with one attached hydrogen (secondary N) is 1. The van der Waals surface area contributed by atoms with Crippen LogP contribution in [-0.4, -0.2) is 41.4 Å². The quantitative estimate of drug-likeness (QED) is 0.462. The Bertz CT molecular complexity index is 1020. The van der Waals surface area contributed by atoms with Gasteiger partial charge >= 0.3 is 6.03 Å². The minimum absolute atomic E-state index is 0.0885. The second-order valence-electron chi connectivity index (χ2n) is 8.35. The van der Waals surface area contributed by atoms with Crippen molar-refractivity contribution in [3.05, 3.63) is 90.1 Å². The van der Waals surface area contributed by atoms with Gasteiger partial charge in [0.1, 0.15) is 18.1 Å². The molecule has 0 atom stereocenters. The molecule has 0 saturated heterocycles. The van der Waals surface area contributed by atoms with Crippen LogP contribution in [0.25, 0.3) is 0 Å². The first kappa shape index (κ1) is 24.0. The molecule has 33 heavy (non-hydrogen) atoms. The van der Waals surface area contributed by atoms with Crippen molar-refractivity contribution in [2.75, 3.05) is 25.0 Å². The number of anilines is 1. The molecule has 6 nitrogen and oxygen atoms in total. The SMILES string of the molecule is CC(C)CN(CC(=O)N(CCc1ccccc1)Cc1ccco1)C(=O)Nc1cccc(F)c1. The molecule has 3 rings (SSSR count). The second-order valence-corrected chi connectivity index (χ2v) is 8.35. The molecule has 3 aromatic rings. The molecule has 0 radical (unpaired) electrons. The summed E-state index contributed by atoms with van der Waals surface area (Å²) in [6, 6.07) is 18.8. The number of amides is 3. The van der Waals surface area contributed by atoms with Gasteiger partial charge in [-0.2, -0.15) is 0 Å². The van der Waals surface area contributed by atoms with Crippen LogP contribution in [0.2, 0.25) is 0 Å². The smallest absolute Gasteiger partial charge is 0.322 e. The summed E-state index contributed by atoms with van der Waals surface area (Å²) in [4.78, 5) is 29.4. The number of nitrogens with zero attached hydrogens (tertiary/aromatic N) is 2. The van der Waals surface area contributed by atoms with Crippen LogP contribution < -0.4 is 5.32 Å². The topological polar surface area (TPSA) is 65.8 Å². The average molecular weight is 452 g/mol. The van der Waals surface area contributed by atoms with Crippen LogP contribution in [-0.2, 0) is 17.8 Å². The van der Waals surface area contributed by atoms with Crippen molar-refractivity contribution in [3.8, 4) is 0 Å². The van der Waals surface area contributed by atoms with Crippen molar-refractivity contribution >= 4 is 17.6 Å². The van der Waals surface area contributed by atoms with Gasteiger partial charge in [0.05, 0.1) is 12.8 Å². The van der Waals surface area contributed by atoms with E-state index >= 15 is 0 Å². The predicted octanol–water partition coefficient (Wildman–Crippen LogP) is 5.18. The summed E-state index contributed by atoms with van der Waals surface area (Å²) in [7, 11) is 0. The molecule has 0 saturated carbocycles. The van der Waals surface area contributed by atoms with Gasteiger partial charge in [-0.15, -0.1) is 0 Å². The van der Waals surface area contributed by atoms with Gasteiger partial charge in [0, 0.05) is 18.8 Å². The first-order chi connectivity index (χ1) is 15.9. The van der Waals surface area contributed by atoms with Gasteiger partial charge in [0.25, 0.3) is 0 Å². The van der Waals surface area contributed by atoms with Crippen LogP contribution in [0, 0.1) is 11.7 Å².